The second kappa shape index (κ2) is 8.55. The topological polar surface area (TPSA) is 50.7 Å². The monoisotopic (exact) mass is 434 g/mol. The van der Waals surface area contributed by atoms with Gasteiger partial charge in [0.2, 0.25) is 0 Å². The highest BCUT2D eigenvalue weighted by atomic mass is 79.9. The van der Waals surface area contributed by atoms with Crippen LogP contribution in [0.15, 0.2) is 46.0 Å². The van der Waals surface area contributed by atoms with Crippen molar-refractivity contribution in [2.24, 2.45) is 5.10 Å². The van der Waals surface area contributed by atoms with Crippen molar-refractivity contribution in [3.63, 3.8) is 0 Å². The second-order valence-electron chi connectivity index (χ2n) is 4.33. The molecule has 0 aliphatic heterocycles. The number of hydrazone groups is 1. The smallest absolute Gasteiger partial charge is 0.277 e. The van der Waals surface area contributed by atoms with Crippen LogP contribution in [0.2, 0.25) is 15.1 Å². The van der Waals surface area contributed by atoms with Crippen LogP contribution in [0.3, 0.4) is 0 Å². The summed E-state index contributed by atoms with van der Waals surface area (Å²) in [6.45, 7) is -0.256. The minimum atomic E-state index is -0.432. The van der Waals surface area contributed by atoms with Crippen LogP contribution in [0.25, 0.3) is 0 Å². The molecule has 120 valence electrons. The van der Waals surface area contributed by atoms with Crippen LogP contribution in [0.4, 0.5) is 0 Å². The van der Waals surface area contributed by atoms with E-state index in [9.17, 15) is 4.79 Å². The zero-order valence-corrected chi connectivity index (χ0v) is 15.4. The number of halogens is 4. The van der Waals surface area contributed by atoms with Crippen molar-refractivity contribution < 1.29 is 9.53 Å². The Morgan fingerprint density at radius 2 is 1.91 bits per heavy atom. The average Bonchev–Trinajstić information content (AvgIpc) is 2.50. The third-order valence-electron chi connectivity index (χ3n) is 2.59. The molecule has 0 spiro atoms. The van der Waals surface area contributed by atoms with Crippen LogP contribution in [-0.4, -0.2) is 18.7 Å². The summed E-state index contributed by atoms with van der Waals surface area (Å²) >= 11 is 21.0. The van der Waals surface area contributed by atoms with Crippen LogP contribution < -0.4 is 10.2 Å². The number of carbonyl (C=O) groups excluding carboxylic acids is 1. The molecule has 0 saturated carbocycles. The van der Waals surface area contributed by atoms with E-state index in [2.05, 4.69) is 26.5 Å². The van der Waals surface area contributed by atoms with Crippen molar-refractivity contribution in [1.29, 1.82) is 0 Å². The third kappa shape index (κ3) is 5.70. The lowest BCUT2D eigenvalue weighted by Crippen LogP contribution is -2.24. The molecule has 0 bridgehead atoms. The summed E-state index contributed by atoms with van der Waals surface area (Å²) < 4.78 is 6.21. The fourth-order valence-corrected chi connectivity index (χ4v) is 2.56. The molecule has 0 atom stereocenters. The summed E-state index contributed by atoms with van der Waals surface area (Å²) in [5, 5.41) is 4.71. The van der Waals surface area contributed by atoms with E-state index in [1.165, 1.54) is 18.3 Å². The number of hydrogen-bond donors (Lipinski definition) is 1. The largest absolute Gasteiger partial charge is 0.482 e. The predicted octanol–water partition coefficient (Wildman–Crippen LogP) is 4.94. The SMILES string of the molecule is O=C(COc1cc(Cl)c(Cl)cc1Cl)NN=Cc1cccc(Br)c1. The first-order valence-corrected chi connectivity index (χ1v) is 8.23. The minimum absolute atomic E-state index is 0.256. The molecule has 1 amide bonds. The van der Waals surface area contributed by atoms with Gasteiger partial charge in [0.05, 0.1) is 21.3 Å². The fourth-order valence-electron chi connectivity index (χ4n) is 1.56. The second-order valence-corrected chi connectivity index (χ2v) is 6.47. The molecule has 0 unspecified atom stereocenters. The van der Waals surface area contributed by atoms with E-state index in [4.69, 9.17) is 39.5 Å². The molecule has 23 heavy (non-hydrogen) atoms. The molecule has 0 aliphatic carbocycles. The van der Waals surface area contributed by atoms with E-state index in [1.807, 2.05) is 24.3 Å². The summed E-state index contributed by atoms with van der Waals surface area (Å²) in [6.07, 6.45) is 1.52. The lowest BCUT2D eigenvalue weighted by molar-refractivity contribution is -0.123. The van der Waals surface area contributed by atoms with Gasteiger partial charge in [-0.3, -0.25) is 4.79 Å². The lowest BCUT2D eigenvalue weighted by atomic mass is 10.2. The first kappa shape index (κ1) is 18.1. The van der Waals surface area contributed by atoms with E-state index in [-0.39, 0.29) is 17.4 Å². The highest BCUT2D eigenvalue weighted by molar-refractivity contribution is 9.10. The normalized spacial score (nSPS) is 10.8. The van der Waals surface area contributed by atoms with Crippen molar-refractivity contribution >= 4 is 62.9 Å². The molecule has 2 aromatic rings. The number of carbonyl (C=O) groups is 1. The maximum atomic E-state index is 11.7. The van der Waals surface area contributed by atoms with Crippen LogP contribution in [0.5, 0.6) is 5.75 Å². The van der Waals surface area contributed by atoms with Gasteiger partial charge < -0.3 is 4.74 Å². The summed E-state index contributed by atoms with van der Waals surface area (Å²) in [4.78, 5) is 11.7. The van der Waals surface area contributed by atoms with Crippen molar-refractivity contribution in [1.82, 2.24) is 5.43 Å². The summed E-state index contributed by atoms with van der Waals surface area (Å²) in [5.41, 5.74) is 3.20. The Hall–Kier alpha value is -1.27. The molecule has 0 aromatic heterocycles. The third-order valence-corrected chi connectivity index (χ3v) is 4.10. The molecule has 0 saturated heterocycles. The van der Waals surface area contributed by atoms with Crippen LogP contribution in [0, 0.1) is 0 Å². The minimum Gasteiger partial charge on any atom is -0.482 e. The maximum Gasteiger partial charge on any atom is 0.277 e. The Morgan fingerprint density at radius 3 is 2.65 bits per heavy atom. The molecule has 2 rings (SSSR count). The summed E-state index contributed by atoms with van der Waals surface area (Å²) in [7, 11) is 0. The van der Waals surface area contributed by atoms with Gasteiger partial charge >= 0.3 is 0 Å². The van der Waals surface area contributed by atoms with E-state index in [0.29, 0.717) is 10.0 Å². The molecule has 4 nitrogen and oxygen atoms in total. The Labute approximate surface area is 156 Å². The van der Waals surface area contributed by atoms with E-state index in [1.54, 1.807) is 0 Å². The quantitative estimate of drug-likeness (QED) is 0.410. The van der Waals surface area contributed by atoms with Gasteiger partial charge in [-0.05, 0) is 23.8 Å². The molecular weight excluding hydrogens is 426 g/mol. The van der Waals surface area contributed by atoms with E-state index >= 15 is 0 Å². The van der Waals surface area contributed by atoms with Gasteiger partial charge in [-0.15, -0.1) is 0 Å². The fraction of sp³-hybridized carbons (Fsp3) is 0.0667. The van der Waals surface area contributed by atoms with Crippen molar-refractivity contribution in [2.45, 2.75) is 0 Å². The molecular formula is C15H10BrCl3N2O2. The van der Waals surface area contributed by atoms with E-state index < -0.39 is 5.91 Å². The highest BCUT2D eigenvalue weighted by Gasteiger charge is 2.09. The van der Waals surface area contributed by atoms with Crippen molar-refractivity contribution in [3.8, 4) is 5.75 Å². The number of amides is 1. The number of ether oxygens (including phenoxy) is 1. The zero-order chi connectivity index (χ0) is 16.8. The van der Waals surface area contributed by atoms with Gasteiger partial charge in [0.25, 0.3) is 5.91 Å². The maximum absolute atomic E-state index is 11.7. The Kier molecular flexibility index (Phi) is 6.72. The van der Waals surface area contributed by atoms with Crippen molar-refractivity contribution in [2.75, 3.05) is 6.61 Å². The van der Waals surface area contributed by atoms with Crippen LogP contribution >= 0.6 is 50.7 Å². The number of benzene rings is 2. The van der Waals surface area contributed by atoms with Crippen LogP contribution in [-0.2, 0) is 4.79 Å². The van der Waals surface area contributed by atoms with E-state index in [0.717, 1.165) is 10.0 Å². The first-order chi connectivity index (χ1) is 11.0. The van der Waals surface area contributed by atoms with Gasteiger partial charge in [-0.2, -0.15) is 5.10 Å². The Balaban J connectivity index is 1.87. The van der Waals surface area contributed by atoms with Gasteiger partial charge in [0, 0.05) is 10.5 Å². The molecule has 0 heterocycles. The highest BCUT2D eigenvalue weighted by Crippen LogP contribution is 2.33. The Bertz CT molecular complexity index is 753. The number of nitrogens with one attached hydrogen (secondary N) is 1. The van der Waals surface area contributed by atoms with Gasteiger partial charge in [0.15, 0.2) is 6.61 Å². The summed E-state index contributed by atoms with van der Waals surface area (Å²) in [6, 6.07) is 10.4. The standard InChI is InChI=1S/C15H10BrCl3N2O2/c16-10-3-1-2-9(4-10)7-20-21-15(22)8-23-14-6-12(18)11(17)5-13(14)19/h1-7H,8H2,(H,21,22). The predicted molar refractivity (Wildman–Crippen MR) is 96.8 cm³/mol. The first-order valence-electron chi connectivity index (χ1n) is 6.30. The molecule has 1 N–H and O–H groups in total. The molecule has 0 radical (unpaired) electrons. The molecule has 0 fully saturated rings. The number of rotatable bonds is 5. The van der Waals surface area contributed by atoms with Gasteiger partial charge in [-0.1, -0.05) is 62.9 Å². The summed E-state index contributed by atoms with van der Waals surface area (Å²) in [5.74, 6) is -0.162. The van der Waals surface area contributed by atoms with Crippen LogP contribution in [0.1, 0.15) is 5.56 Å². The molecule has 8 heteroatoms. The zero-order valence-electron chi connectivity index (χ0n) is 11.5. The van der Waals surface area contributed by atoms with Crippen molar-refractivity contribution in [3.05, 3.63) is 61.5 Å². The average molecular weight is 437 g/mol. The Morgan fingerprint density at radius 1 is 1.17 bits per heavy atom. The molecule has 2 aromatic carbocycles. The number of hydrogen-bond acceptors (Lipinski definition) is 3. The van der Waals surface area contributed by atoms with Gasteiger partial charge in [-0.25, -0.2) is 5.43 Å². The lowest BCUT2D eigenvalue weighted by Gasteiger charge is -2.08. The number of nitrogens with zero attached hydrogens (tertiary/aromatic N) is 1. The molecule has 0 aliphatic rings. The van der Waals surface area contributed by atoms with Gasteiger partial charge in [0.1, 0.15) is 5.75 Å².